The summed E-state index contributed by atoms with van der Waals surface area (Å²) in [6, 6.07) is 0. The topological polar surface area (TPSA) is 177 Å². The van der Waals surface area contributed by atoms with Crippen LogP contribution in [-0.2, 0) is 40.2 Å². The number of aromatic nitrogens is 2. The van der Waals surface area contributed by atoms with Crippen LogP contribution in [0.15, 0.2) is 15.8 Å². The maximum atomic E-state index is 13.7. The fraction of sp³-hybridized carbons (Fsp3) is 0.692. The molecule has 2 aliphatic rings. The van der Waals surface area contributed by atoms with Crippen molar-refractivity contribution in [3.05, 3.63) is 32.6 Å². The highest BCUT2D eigenvalue weighted by Gasteiger charge is 2.65. The van der Waals surface area contributed by atoms with E-state index in [1.807, 2.05) is 0 Å². The van der Waals surface area contributed by atoms with Crippen LogP contribution in [0.2, 0.25) is 0 Å². The van der Waals surface area contributed by atoms with Crippen molar-refractivity contribution in [3.8, 4) is 0 Å². The first-order valence-electron chi connectivity index (χ1n) is 8.64. The molecule has 182 valence electrons. The quantitative estimate of drug-likeness (QED) is 0.265. The standard InChI is InChI=1S/C13H21BF2N2O10P3S/c1-8-6-18(10(20)17-9(8)19)12-4-2-11(27-12,3-5-12)7-26-31(14,32)28-30(24,25)13(15,16)29(21,22)23/h6H,2-5,7H2,1,14H3,(H,24,25)(H,17,19,20)(H2,21,22,23)/q-1. The average molecular weight is 539 g/mol. The second-order valence-electron chi connectivity index (χ2n) is 7.33. The van der Waals surface area contributed by atoms with Crippen molar-refractivity contribution in [2.24, 2.45) is 0 Å². The number of alkyl halides is 2. The molecule has 2 saturated heterocycles. The number of hydrogen-bond donors (Lipinski definition) is 4. The van der Waals surface area contributed by atoms with E-state index in [4.69, 9.17) is 30.9 Å². The van der Waals surface area contributed by atoms with E-state index in [-0.39, 0.29) is 6.61 Å². The lowest BCUT2D eigenvalue weighted by atomic mass is 9.86. The van der Waals surface area contributed by atoms with Gasteiger partial charge in [-0.1, -0.05) is 11.8 Å². The molecule has 2 aliphatic heterocycles. The lowest BCUT2D eigenvalue weighted by molar-refractivity contribution is -0.110. The Hall–Kier alpha value is -0.525. The lowest BCUT2D eigenvalue weighted by Gasteiger charge is -2.33. The molecule has 1 aromatic heterocycles. The van der Waals surface area contributed by atoms with Crippen molar-refractivity contribution in [1.29, 1.82) is 0 Å². The van der Waals surface area contributed by atoms with Gasteiger partial charge in [-0.25, -0.2) is 4.79 Å². The summed E-state index contributed by atoms with van der Waals surface area (Å²) in [6.07, 6.45) is -0.693. The summed E-state index contributed by atoms with van der Waals surface area (Å²) in [4.78, 5) is 53.1. The molecule has 32 heavy (non-hydrogen) atoms. The maximum Gasteiger partial charge on any atom is 0.444 e. The molecule has 1 aromatic rings. The molecule has 0 radical (unpaired) electrons. The van der Waals surface area contributed by atoms with Crippen molar-refractivity contribution in [1.82, 2.24) is 9.55 Å². The minimum atomic E-state index is -6.29. The number of ether oxygens (including phenoxy) is 1. The first kappa shape index (κ1) is 26.1. The normalized spacial score (nSPS) is 29.6. The largest absolute Gasteiger partial charge is 0.444 e. The average Bonchev–Trinajstić information content (AvgIpc) is 3.19. The number of nitrogens with one attached hydrogen (secondary N) is 1. The number of halogens is 2. The van der Waals surface area contributed by atoms with E-state index in [1.165, 1.54) is 17.7 Å². The Morgan fingerprint density at radius 3 is 2.38 bits per heavy atom. The lowest BCUT2D eigenvalue weighted by Crippen LogP contribution is -2.43. The molecule has 2 atom stereocenters. The third-order valence-electron chi connectivity index (χ3n) is 5.21. The van der Waals surface area contributed by atoms with Crippen LogP contribution >= 0.6 is 21.6 Å². The van der Waals surface area contributed by atoms with Crippen molar-refractivity contribution >= 4 is 40.9 Å². The second kappa shape index (κ2) is 8.01. The van der Waals surface area contributed by atoms with E-state index in [2.05, 4.69) is 9.29 Å². The third-order valence-corrected chi connectivity index (χ3v) is 10.8. The SMILES string of the molecule is [BH3-]P(=S)(OCC12CCC(n3cc(C)c(=O)[nH]c3=O)(CC1)O2)OP(=O)(O)C(F)(F)P(=O)(O)O. The van der Waals surface area contributed by atoms with Gasteiger partial charge in [0.25, 0.3) is 5.56 Å². The van der Waals surface area contributed by atoms with Crippen LogP contribution in [0.5, 0.6) is 0 Å². The van der Waals surface area contributed by atoms with Crippen LogP contribution in [0.4, 0.5) is 8.78 Å². The van der Waals surface area contributed by atoms with Gasteiger partial charge in [0, 0.05) is 18.1 Å². The molecule has 0 amide bonds. The van der Waals surface area contributed by atoms with Gasteiger partial charge in [0.2, 0.25) is 0 Å². The highest BCUT2D eigenvalue weighted by atomic mass is 32.5. The van der Waals surface area contributed by atoms with Gasteiger partial charge < -0.3 is 23.9 Å². The highest BCUT2D eigenvalue weighted by molar-refractivity contribution is 8.22. The number of nitrogens with zero attached hydrogens (tertiary/aromatic N) is 1. The van der Waals surface area contributed by atoms with Gasteiger partial charge in [-0.3, -0.25) is 27.8 Å². The van der Waals surface area contributed by atoms with Gasteiger partial charge in [-0.2, -0.15) is 8.78 Å². The minimum absolute atomic E-state index is 0.270. The molecule has 2 unspecified atom stereocenters. The van der Waals surface area contributed by atoms with E-state index in [0.717, 1.165) is 0 Å². The first-order valence-corrected chi connectivity index (χ1v) is 14.0. The van der Waals surface area contributed by atoms with Gasteiger partial charge >= 0.3 is 26.3 Å². The Kier molecular flexibility index (Phi) is 6.53. The van der Waals surface area contributed by atoms with E-state index < -0.39 is 57.1 Å². The fourth-order valence-electron chi connectivity index (χ4n) is 3.53. The van der Waals surface area contributed by atoms with Crippen molar-refractivity contribution in [3.63, 3.8) is 0 Å². The van der Waals surface area contributed by atoms with E-state index in [1.54, 1.807) is 0 Å². The minimum Gasteiger partial charge on any atom is -0.360 e. The predicted octanol–water partition coefficient (Wildman–Crippen LogP) is 0.377. The number of aryl methyl sites for hydroxylation is 1. The molecule has 2 bridgehead atoms. The summed E-state index contributed by atoms with van der Waals surface area (Å²) in [5.74, 6) is 0. The molecule has 3 heterocycles. The number of aromatic amines is 1. The van der Waals surface area contributed by atoms with Crippen LogP contribution in [0.1, 0.15) is 31.2 Å². The Balaban J connectivity index is 1.75. The molecular weight excluding hydrogens is 518 g/mol. The highest BCUT2D eigenvalue weighted by Crippen LogP contribution is 2.77. The molecule has 0 saturated carbocycles. The zero-order valence-electron chi connectivity index (χ0n) is 15.8. The number of rotatable bonds is 8. The van der Waals surface area contributed by atoms with Gasteiger partial charge in [-0.15, -0.1) is 0 Å². The van der Waals surface area contributed by atoms with Gasteiger partial charge in [0.1, 0.15) is 5.72 Å². The Labute approximate surface area is 185 Å². The maximum absolute atomic E-state index is 13.7. The first-order chi connectivity index (χ1) is 14.4. The van der Waals surface area contributed by atoms with E-state index in [9.17, 15) is 32.4 Å². The number of fused-ring (bicyclic) bond motifs is 2. The zero-order chi connectivity index (χ0) is 24.4. The van der Waals surface area contributed by atoms with Crippen molar-refractivity contribution < 1.29 is 46.2 Å². The molecule has 0 aliphatic carbocycles. The molecule has 12 nitrogen and oxygen atoms in total. The molecule has 0 spiro atoms. The second-order valence-corrected chi connectivity index (χ2v) is 13.2. The summed E-state index contributed by atoms with van der Waals surface area (Å²) in [7, 11) is -13.7. The molecular formula is C13H21BF2N2O10P3S-. The summed E-state index contributed by atoms with van der Waals surface area (Å²) in [5.41, 5.74) is -2.87. The molecule has 0 aromatic carbocycles. The van der Waals surface area contributed by atoms with Crippen molar-refractivity contribution in [2.75, 3.05) is 6.61 Å². The Bertz CT molecular complexity index is 1190. The zero-order valence-corrected chi connectivity index (χ0v) is 19.3. The monoisotopic (exact) mass is 539 g/mol. The summed E-state index contributed by atoms with van der Waals surface area (Å²) < 4.78 is 67.6. The summed E-state index contributed by atoms with van der Waals surface area (Å²) in [6.45, 7) is 1.26. The van der Waals surface area contributed by atoms with Crippen LogP contribution in [0.3, 0.4) is 0 Å². The molecule has 2 fully saturated rings. The van der Waals surface area contributed by atoms with E-state index in [0.29, 0.717) is 31.2 Å². The molecule has 3 rings (SSSR count). The van der Waals surface area contributed by atoms with Gasteiger partial charge in [0.15, 0.2) is 0 Å². The Morgan fingerprint density at radius 1 is 1.28 bits per heavy atom. The third kappa shape index (κ3) is 4.55. The van der Waals surface area contributed by atoms with Crippen LogP contribution in [0.25, 0.3) is 0 Å². The fourth-order valence-corrected chi connectivity index (χ4v) is 7.80. The summed E-state index contributed by atoms with van der Waals surface area (Å²) >= 11 is 5.01. The van der Waals surface area contributed by atoms with Crippen LogP contribution in [-0.4, -0.2) is 49.4 Å². The van der Waals surface area contributed by atoms with Gasteiger partial charge in [0.05, 0.1) is 19.8 Å². The summed E-state index contributed by atoms with van der Waals surface area (Å²) in [5, 5.41) is -5.32. The molecule has 19 heteroatoms. The van der Waals surface area contributed by atoms with Gasteiger partial charge in [-0.05, 0) is 32.6 Å². The smallest absolute Gasteiger partial charge is 0.360 e. The molecule has 4 N–H and O–H groups in total. The number of H-pyrrole nitrogens is 1. The van der Waals surface area contributed by atoms with Crippen molar-refractivity contribution in [2.45, 2.75) is 49.3 Å². The van der Waals surface area contributed by atoms with E-state index >= 15 is 0 Å². The Morgan fingerprint density at radius 2 is 1.84 bits per heavy atom. The van der Waals surface area contributed by atoms with Crippen LogP contribution < -0.4 is 11.2 Å². The number of hydrogen-bond acceptors (Lipinski definition) is 8. The van der Waals surface area contributed by atoms with Crippen LogP contribution in [0, 0.1) is 6.92 Å². The predicted molar refractivity (Wildman–Crippen MR) is 114 cm³/mol.